The summed E-state index contributed by atoms with van der Waals surface area (Å²) in [5, 5.41) is 15.8. The van der Waals surface area contributed by atoms with Crippen LogP contribution in [-0.2, 0) is 16.3 Å². The van der Waals surface area contributed by atoms with Gasteiger partial charge in [-0.05, 0) is 30.7 Å². The van der Waals surface area contributed by atoms with Crippen LogP contribution >= 0.6 is 0 Å². The first kappa shape index (κ1) is 21.5. The Hall–Kier alpha value is -3.78. The highest BCUT2D eigenvalue weighted by Gasteiger charge is 2.31. The van der Waals surface area contributed by atoms with Crippen molar-refractivity contribution in [1.82, 2.24) is 9.78 Å². The number of benzene rings is 3. The summed E-state index contributed by atoms with van der Waals surface area (Å²) in [5.74, 6) is 0. The van der Waals surface area contributed by atoms with Crippen molar-refractivity contribution >= 4 is 15.5 Å². The molecule has 162 valence electrons. The number of rotatable bonds is 7. The van der Waals surface area contributed by atoms with Crippen LogP contribution in [0.4, 0.5) is 5.69 Å². The maximum Gasteiger partial charge on any atom is 0.269 e. The summed E-state index contributed by atoms with van der Waals surface area (Å²) in [5.41, 5.74) is 2.09. The van der Waals surface area contributed by atoms with Gasteiger partial charge in [-0.15, -0.1) is 0 Å². The molecule has 4 aromatic rings. The van der Waals surface area contributed by atoms with Crippen molar-refractivity contribution in [2.24, 2.45) is 0 Å². The molecule has 3 aromatic carbocycles. The zero-order chi connectivity index (χ0) is 22.7. The minimum Gasteiger partial charge on any atom is -0.258 e. The Morgan fingerprint density at radius 1 is 0.906 bits per heavy atom. The third-order valence-electron chi connectivity index (χ3n) is 5.07. The molecule has 8 heteroatoms. The molecule has 0 aliphatic carbocycles. The average molecular weight is 448 g/mol. The molecule has 1 aromatic heterocycles. The van der Waals surface area contributed by atoms with Crippen LogP contribution in [0.1, 0.15) is 19.0 Å². The van der Waals surface area contributed by atoms with E-state index in [-0.39, 0.29) is 15.5 Å². The van der Waals surface area contributed by atoms with Crippen LogP contribution in [0.3, 0.4) is 0 Å². The smallest absolute Gasteiger partial charge is 0.258 e. The quantitative estimate of drug-likeness (QED) is 0.285. The Balaban J connectivity index is 2.03. The molecule has 0 aliphatic heterocycles. The van der Waals surface area contributed by atoms with Crippen LogP contribution in [0.5, 0.6) is 0 Å². The summed E-state index contributed by atoms with van der Waals surface area (Å²) in [4.78, 5) is 11.0. The molecule has 0 bridgehead atoms. The van der Waals surface area contributed by atoms with E-state index in [1.54, 1.807) is 47.1 Å². The lowest BCUT2D eigenvalue weighted by atomic mass is 10.1. The van der Waals surface area contributed by atoms with Gasteiger partial charge in [0, 0.05) is 17.7 Å². The molecule has 32 heavy (non-hydrogen) atoms. The number of aryl methyl sites for hydroxylation is 1. The van der Waals surface area contributed by atoms with E-state index in [9.17, 15) is 18.5 Å². The van der Waals surface area contributed by atoms with Gasteiger partial charge in [0.1, 0.15) is 4.90 Å². The third-order valence-corrected chi connectivity index (χ3v) is 6.93. The van der Waals surface area contributed by atoms with Crippen LogP contribution in [0, 0.1) is 10.1 Å². The van der Waals surface area contributed by atoms with Crippen molar-refractivity contribution in [3.63, 3.8) is 0 Å². The molecule has 0 unspecified atom stereocenters. The van der Waals surface area contributed by atoms with Gasteiger partial charge in [0.15, 0.2) is 0 Å². The van der Waals surface area contributed by atoms with Gasteiger partial charge in [-0.25, -0.2) is 13.1 Å². The lowest BCUT2D eigenvalue weighted by molar-refractivity contribution is -0.384. The molecule has 0 spiro atoms. The predicted molar refractivity (Wildman–Crippen MR) is 122 cm³/mol. The summed E-state index contributed by atoms with van der Waals surface area (Å²) >= 11 is 0. The highest BCUT2D eigenvalue weighted by molar-refractivity contribution is 7.91. The maximum atomic E-state index is 13.8. The first-order chi connectivity index (χ1) is 15.4. The van der Waals surface area contributed by atoms with Gasteiger partial charge >= 0.3 is 0 Å². The van der Waals surface area contributed by atoms with E-state index in [1.807, 2.05) is 37.3 Å². The topological polar surface area (TPSA) is 95.1 Å². The van der Waals surface area contributed by atoms with Crippen molar-refractivity contribution in [3.8, 4) is 16.9 Å². The zero-order valence-electron chi connectivity index (χ0n) is 17.4. The van der Waals surface area contributed by atoms with E-state index >= 15 is 0 Å². The maximum absolute atomic E-state index is 13.8. The van der Waals surface area contributed by atoms with Gasteiger partial charge in [-0.1, -0.05) is 61.9 Å². The number of nitrogens with zero attached hydrogens (tertiary/aromatic N) is 3. The molecule has 0 saturated heterocycles. The number of aromatic nitrogens is 2. The fraction of sp³-hybridized carbons (Fsp3) is 0.125. The summed E-state index contributed by atoms with van der Waals surface area (Å²) in [6, 6.07) is 23.4. The molecule has 7 nitrogen and oxygen atoms in total. The first-order valence-electron chi connectivity index (χ1n) is 10.2. The molecule has 0 radical (unpaired) electrons. The molecule has 0 amide bonds. The highest BCUT2D eigenvalue weighted by Crippen LogP contribution is 2.36. The SMILES string of the molecule is CCCc1nn(-c2ccc([N+](=O)[O-])cc2)c(-c2ccccc2)c1S(=O)(=O)c1ccccc1. The van der Waals surface area contributed by atoms with E-state index in [2.05, 4.69) is 5.10 Å². The van der Waals surface area contributed by atoms with E-state index in [0.29, 0.717) is 35.5 Å². The second kappa shape index (κ2) is 8.76. The number of hydrogen-bond donors (Lipinski definition) is 0. The standard InChI is InChI=1S/C24H21N3O4S/c1-2-9-22-24(32(30,31)21-12-7-4-8-13-21)23(18-10-5-3-6-11-18)26(25-22)19-14-16-20(17-15-19)27(28)29/h3-8,10-17H,2,9H2,1H3. The van der Waals surface area contributed by atoms with E-state index in [0.717, 1.165) is 0 Å². The van der Waals surface area contributed by atoms with Gasteiger partial charge in [0.25, 0.3) is 5.69 Å². The summed E-state index contributed by atoms with van der Waals surface area (Å²) in [6.07, 6.45) is 1.18. The van der Waals surface area contributed by atoms with Crippen LogP contribution < -0.4 is 0 Å². The molecular formula is C24H21N3O4S. The Labute approximate surface area is 186 Å². The lowest BCUT2D eigenvalue weighted by Gasteiger charge is -2.11. The third kappa shape index (κ3) is 3.92. The monoisotopic (exact) mass is 447 g/mol. The van der Waals surface area contributed by atoms with Gasteiger partial charge in [0.2, 0.25) is 9.84 Å². The van der Waals surface area contributed by atoms with Crippen molar-refractivity contribution in [2.75, 3.05) is 0 Å². The largest absolute Gasteiger partial charge is 0.269 e. The number of non-ortho nitro benzene ring substituents is 1. The van der Waals surface area contributed by atoms with Crippen molar-refractivity contribution < 1.29 is 13.3 Å². The summed E-state index contributed by atoms with van der Waals surface area (Å²) in [6.45, 7) is 1.96. The molecule has 0 N–H and O–H groups in total. The first-order valence-corrected chi connectivity index (χ1v) is 11.6. The second-order valence-corrected chi connectivity index (χ2v) is 9.13. The number of nitro groups is 1. The lowest BCUT2D eigenvalue weighted by Crippen LogP contribution is -2.06. The number of sulfone groups is 1. The molecule has 0 atom stereocenters. The average Bonchev–Trinajstić information content (AvgIpc) is 3.20. The van der Waals surface area contributed by atoms with Crippen molar-refractivity contribution in [3.05, 3.63) is 101 Å². The normalized spacial score (nSPS) is 11.4. The van der Waals surface area contributed by atoms with E-state index in [4.69, 9.17) is 0 Å². The fourth-order valence-electron chi connectivity index (χ4n) is 3.60. The van der Waals surface area contributed by atoms with E-state index in [1.165, 1.54) is 12.1 Å². The van der Waals surface area contributed by atoms with Gasteiger partial charge in [-0.3, -0.25) is 10.1 Å². The predicted octanol–water partition coefficient (Wildman–Crippen LogP) is 5.23. The molecule has 0 saturated carbocycles. The summed E-state index contributed by atoms with van der Waals surface area (Å²) in [7, 11) is -3.87. The van der Waals surface area contributed by atoms with Crippen molar-refractivity contribution in [2.45, 2.75) is 29.6 Å². The Morgan fingerprint density at radius 3 is 2.06 bits per heavy atom. The van der Waals surface area contributed by atoms with Gasteiger partial charge in [-0.2, -0.15) is 5.10 Å². The van der Waals surface area contributed by atoms with Crippen LogP contribution in [0.2, 0.25) is 0 Å². The van der Waals surface area contributed by atoms with Crippen LogP contribution in [-0.4, -0.2) is 23.1 Å². The van der Waals surface area contributed by atoms with Gasteiger partial charge < -0.3 is 0 Å². The highest BCUT2D eigenvalue weighted by atomic mass is 32.2. The van der Waals surface area contributed by atoms with Gasteiger partial charge in [0.05, 0.1) is 26.9 Å². The van der Waals surface area contributed by atoms with E-state index < -0.39 is 14.8 Å². The molecule has 0 aliphatic rings. The number of nitro benzene ring substituents is 1. The van der Waals surface area contributed by atoms with Crippen LogP contribution in [0.15, 0.2) is 94.7 Å². The Bertz CT molecular complexity index is 1350. The molecule has 4 rings (SSSR count). The minimum atomic E-state index is -3.87. The molecular weight excluding hydrogens is 426 g/mol. The Morgan fingerprint density at radius 2 is 1.50 bits per heavy atom. The van der Waals surface area contributed by atoms with Crippen molar-refractivity contribution in [1.29, 1.82) is 0 Å². The fourth-order valence-corrected chi connectivity index (χ4v) is 5.26. The minimum absolute atomic E-state index is 0.0481. The second-order valence-electron chi connectivity index (χ2n) is 7.24. The number of hydrogen-bond acceptors (Lipinski definition) is 5. The molecule has 1 heterocycles. The molecule has 0 fully saturated rings. The Kier molecular flexibility index (Phi) is 5.87. The summed E-state index contributed by atoms with van der Waals surface area (Å²) < 4.78 is 29.1. The zero-order valence-corrected chi connectivity index (χ0v) is 18.2. The van der Waals surface area contributed by atoms with Crippen LogP contribution in [0.25, 0.3) is 16.9 Å².